The molecule has 0 aliphatic rings. The zero-order valence-corrected chi connectivity index (χ0v) is 39.7. The molecule has 0 bridgehead atoms. The highest BCUT2D eigenvalue weighted by Crippen LogP contribution is 2.14. The summed E-state index contributed by atoms with van der Waals surface area (Å²) < 4.78 is 16.6. The molecule has 0 rings (SSSR count). The van der Waals surface area contributed by atoms with Gasteiger partial charge in [0.2, 0.25) is 0 Å². The Balaban J connectivity index is 4.19. The maximum atomic E-state index is 12.7. The third kappa shape index (κ3) is 46.4. The fourth-order valence-corrected chi connectivity index (χ4v) is 7.15. The minimum atomic E-state index is -0.778. The van der Waals surface area contributed by atoms with Gasteiger partial charge in [0.1, 0.15) is 13.2 Å². The van der Waals surface area contributed by atoms with Crippen LogP contribution in [0.1, 0.15) is 258 Å². The maximum absolute atomic E-state index is 12.7. The Morgan fingerprint density at radius 2 is 0.600 bits per heavy atom. The molecular formula is C54H96O6. The van der Waals surface area contributed by atoms with E-state index in [4.69, 9.17) is 14.2 Å². The van der Waals surface area contributed by atoms with Gasteiger partial charge in [-0.05, 0) is 83.5 Å². The van der Waals surface area contributed by atoms with Gasteiger partial charge in [0, 0.05) is 19.3 Å². The van der Waals surface area contributed by atoms with Gasteiger partial charge in [-0.15, -0.1) is 0 Å². The van der Waals surface area contributed by atoms with Gasteiger partial charge in [-0.3, -0.25) is 14.4 Å². The monoisotopic (exact) mass is 841 g/mol. The van der Waals surface area contributed by atoms with Gasteiger partial charge >= 0.3 is 17.9 Å². The standard InChI is InChI=1S/C54H96O6/c1-4-7-10-13-15-17-19-21-23-25-26-27-28-29-31-32-34-36-38-41-44-47-53(56)59-50-51(49-58-52(55)46-43-40-12-9-6-3)60-54(57)48-45-42-39-37-35-33-30-24-22-20-18-16-14-11-8-5-2/h19,21,24-26,28-30,51H,4-18,20,22-23,27,31-50H2,1-3H3/b21-19-,26-25-,29-28-,30-24-. The largest absolute Gasteiger partial charge is 0.462 e. The second-order valence-corrected chi connectivity index (χ2v) is 17.1. The smallest absolute Gasteiger partial charge is 0.306 e. The summed E-state index contributed by atoms with van der Waals surface area (Å²) in [4.78, 5) is 37.6. The van der Waals surface area contributed by atoms with Crippen LogP contribution in [0.5, 0.6) is 0 Å². The fraction of sp³-hybridized carbons (Fsp3) is 0.796. The van der Waals surface area contributed by atoms with E-state index < -0.39 is 6.10 Å². The molecule has 0 aromatic carbocycles. The molecular weight excluding hydrogens is 745 g/mol. The molecule has 0 aromatic rings. The molecule has 0 heterocycles. The number of carbonyl (C=O) groups excluding carboxylic acids is 3. The summed E-state index contributed by atoms with van der Waals surface area (Å²) >= 11 is 0. The third-order valence-corrected chi connectivity index (χ3v) is 11.1. The van der Waals surface area contributed by atoms with E-state index in [9.17, 15) is 14.4 Å². The number of unbranched alkanes of at least 4 members (excludes halogenated alkanes) is 27. The van der Waals surface area contributed by atoms with Gasteiger partial charge in [-0.1, -0.05) is 204 Å². The number of hydrogen-bond donors (Lipinski definition) is 0. The van der Waals surface area contributed by atoms with Gasteiger partial charge < -0.3 is 14.2 Å². The van der Waals surface area contributed by atoms with E-state index in [1.165, 1.54) is 122 Å². The van der Waals surface area contributed by atoms with E-state index in [1.54, 1.807) is 0 Å². The van der Waals surface area contributed by atoms with E-state index in [1.807, 2.05) is 0 Å². The first-order valence-electron chi connectivity index (χ1n) is 25.6. The number of hydrogen-bond acceptors (Lipinski definition) is 6. The quantitative estimate of drug-likeness (QED) is 0.0263. The summed E-state index contributed by atoms with van der Waals surface area (Å²) in [5.41, 5.74) is 0. The second kappa shape index (κ2) is 49.0. The Morgan fingerprint density at radius 1 is 0.333 bits per heavy atom. The van der Waals surface area contributed by atoms with Gasteiger partial charge in [0.15, 0.2) is 6.10 Å². The van der Waals surface area contributed by atoms with Crippen LogP contribution in [-0.4, -0.2) is 37.2 Å². The number of rotatable bonds is 46. The van der Waals surface area contributed by atoms with E-state index in [-0.39, 0.29) is 31.1 Å². The Hall–Kier alpha value is -2.63. The molecule has 6 nitrogen and oxygen atoms in total. The van der Waals surface area contributed by atoms with Crippen LogP contribution >= 0.6 is 0 Å². The fourth-order valence-electron chi connectivity index (χ4n) is 7.15. The van der Waals surface area contributed by atoms with E-state index in [0.29, 0.717) is 19.3 Å². The average Bonchev–Trinajstić information content (AvgIpc) is 3.24. The van der Waals surface area contributed by atoms with Crippen molar-refractivity contribution >= 4 is 17.9 Å². The van der Waals surface area contributed by atoms with E-state index in [0.717, 1.165) is 96.3 Å². The summed E-state index contributed by atoms with van der Waals surface area (Å²) in [6, 6.07) is 0. The molecule has 0 aliphatic heterocycles. The second-order valence-electron chi connectivity index (χ2n) is 17.1. The molecule has 0 aromatic heterocycles. The van der Waals surface area contributed by atoms with Crippen LogP contribution in [0.2, 0.25) is 0 Å². The maximum Gasteiger partial charge on any atom is 0.306 e. The van der Waals surface area contributed by atoms with Crippen LogP contribution in [-0.2, 0) is 28.6 Å². The molecule has 0 aliphatic carbocycles. The Bertz CT molecular complexity index is 1060. The van der Waals surface area contributed by atoms with Gasteiger partial charge in [0.05, 0.1) is 0 Å². The lowest BCUT2D eigenvalue weighted by Crippen LogP contribution is -2.30. The first-order chi connectivity index (χ1) is 29.5. The SMILES string of the molecule is CCCCCCC/C=C\C/C=C\C/C=C\CCCCCCCCC(=O)OCC(COC(=O)CCCCCCC)OC(=O)CCCCCCC/C=C\CCCCCCCCC. The lowest BCUT2D eigenvalue weighted by atomic mass is 10.1. The molecule has 1 unspecified atom stereocenters. The van der Waals surface area contributed by atoms with Crippen LogP contribution in [0.25, 0.3) is 0 Å². The van der Waals surface area contributed by atoms with Crippen molar-refractivity contribution in [3.8, 4) is 0 Å². The van der Waals surface area contributed by atoms with Crippen molar-refractivity contribution in [1.82, 2.24) is 0 Å². The van der Waals surface area contributed by atoms with Crippen LogP contribution in [0.15, 0.2) is 48.6 Å². The molecule has 0 saturated carbocycles. The van der Waals surface area contributed by atoms with Gasteiger partial charge in [0.25, 0.3) is 0 Å². The molecule has 0 saturated heterocycles. The molecule has 0 spiro atoms. The highest BCUT2D eigenvalue weighted by molar-refractivity contribution is 5.71. The first kappa shape index (κ1) is 57.4. The Morgan fingerprint density at radius 3 is 0.950 bits per heavy atom. The number of esters is 3. The minimum Gasteiger partial charge on any atom is -0.462 e. The molecule has 1 atom stereocenters. The van der Waals surface area contributed by atoms with Crippen LogP contribution in [0, 0.1) is 0 Å². The van der Waals surface area contributed by atoms with Crippen molar-refractivity contribution in [3.63, 3.8) is 0 Å². The zero-order chi connectivity index (χ0) is 43.7. The van der Waals surface area contributed by atoms with Gasteiger partial charge in [-0.25, -0.2) is 0 Å². The highest BCUT2D eigenvalue weighted by Gasteiger charge is 2.19. The van der Waals surface area contributed by atoms with Crippen LogP contribution in [0.3, 0.4) is 0 Å². The van der Waals surface area contributed by atoms with Gasteiger partial charge in [-0.2, -0.15) is 0 Å². The third-order valence-electron chi connectivity index (χ3n) is 11.1. The van der Waals surface area contributed by atoms with Crippen molar-refractivity contribution in [1.29, 1.82) is 0 Å². The zero-order valence-electron chi connectivity index (χ0n) is 39.7. The summed E-state index contributed by atoms with van der Waals surface area (Å²) in [7, 11) is 0. The lowest BCUT2D eigenvalue weighted by molar-refractivity contribution is -0.167. The number of carbonyl (C=O) groups is 3. The topological polar surface area (TPSA) is 78.9 Å². The van der Waals surface area contributed by atoms with Crippen molar-refractivity contribution in [2.45, 2.75) is 264 Å². The van der Waals surface area contributed by atoms with E-state index >= 15 is 0 Å². The van der Waals surface area contributed by atoms with Crippen LogP contribution in [0.4, 0.5) is 0 Å². The van der Waals surface area contributed by atoms with Crippen molar-refractivity contribution < 1.29 is 28.6 Å². The summed E-state index contributed by atoms with van der Waals surface area (Å²) in [5.74, 6) is -0.912. The predicted molar refractivity (Wildman–Crippen MR) is 256 cm³/mol. The minimum absolute atomic E-state index is 0.0812. The molecule has 0 N–H and O–H groups in total. The molecule has 6 heteroatoms. The van der Waals surface area contributed by atoms with Crippen molar-refractivity contribution in [2.24, 2.45) is 0 Å². The summed E-state index contributed by atoms with van der Waals surface area (Å²) in [5, 5.41) is 0. The summed E-state index contributed by atoms with van der Waals surface area (Å²) in [6.07, 6.45) is 58.4. The summed E-state index contributed by atoms with van der Waals surface area (Å²) in [6.45, 7) is 6.53. The van der Waals surface area contributed by atoms with E-state index in [2.05, 4.69) is 69.4 Å². The average molecular weight is 841 g/mol. The Labute approximate surface area is 371 Å². The highest BCUT2D eigenvalue weighted by atomic mass is 16.6. The first-order valence-corrected chi connectivity index (χ1v) is 25.6. The predicted octanol–water partition coefficient (Wildman–Crippen LogP) is 16.7. The molecule has 0 fully saturated rings. The molecule has 0 amide bonds. The number of allylic oxidation sites excluding steroid dienone is 8. The molecule has 0 radical (unpaired) electrons. The van der Waals surface area contributed by atoms with Crippen molar-refractivity contribution in [2.75, 3.05) is 13.2 Å². The lowest BCUT2D eigenvalue weighted by Gasteiger charge is -2.18. The molecule has 60 heavy (non-hydrogen) atoms. The number of ether oxygens (including phenoxy) is 3. The normalized spacial score (nSPS) is 12.4. The van der Waals surface area contributed by atoms with Crippen molar-refractivity contribution in [3.05, 3.63) is 48.6 Å². The Kier molecular flexibility index (Phi) is 46.9. The molecule has 348 valence electrons. The van der Waals surface area contributed by atoms with Crippen LogP contribution < -0.4 is 0 Å².